The van der Waals surface area contributed by atoms with Crippen molar-refractivity contribution in [3.8, 4) is 0 Å². The number of carbonyl (C=O) groups is 2. The first kappa shape index (κ1) is 18.4. The number of rotatable bonds is 7. The van der Waals surface area contributed by atoms with Gasteiger partial charge in [0, 0.05) is 17.8 Å². The van der Waals surface area contributed by atoms with E-state index in [9.17, 15) is 9.59 Å². The van der Waals surface area contributed by atoms with E-state index in [0.717, 1.165) is 42.6 Å². The highest BCUT2D eigenvalue weighted by molar-refractivity contribution is 8.18. The van der Waals surface area contributed by atoms with Crippen molar-refractivity contribution in [3.63, 3.8) is 0 Å². The lowest BCUT2D eigenvalue weighted by Gasteiger charge is -2.06. The quantitative estimate of drug-likeness (QED) is 0.553. The highest BCUT2D eigenvalue weighted by Gasteiger charge is 2.25. The number of aromatic nitrogens is 2. The number of unbranched alkanes of at least 4 members (excludes halogenated alkanes) is 1. The van der Waals surface area contributed by atoms with Gasteiger partial charge >= 0.3 is 0 Å². The van der Waals surface area contributed by atoms with E-state index in [1.807, 2.05) is 18.2 Å². The predicted octanol–water partition coefficient (Wildman–Crippen LogP) is 3.89. The molecule has 8 heteroatoms. The third-order valence-electron chi connectivity index (χ3n) is 3.66. The van der Waals surface area contributed by atoms with E-state index in [1.165, 1.54) is 5.56 Å². The van der Waals surface area contributed by atoms with Crippen molar-refractivity contribution < 1.29 is 9.59 Å². The maximum absolute atomic E-state index is 11.6. The van der Waals surface area contributed by atoms with Crippen LogP contribution in [0, 0.1) is 0 Å². The summed E-state index contributed by atoms with van der Waals surface area (Å²) < 4.78 is 0. The van der Waals surface area contributed by atoms with Crippen molar-refractivity contribution in [2.75, 3.05) is 11.9 Å². The van der Waals surface area contributed by atoms with Gasteiger partial charge in [-0.2, -0.15) is 0 Å². The molecular weight excluding hydrogens is 372 g/mol. The molecule has 134 valence electrons. The highest BCUT2D eigenvalue weighted by Crippen LogP contribution is 2.25. The number of anilines is 1. The van der Waals surface area contributed by atoms with Crippen LogP contribution in [0.2, 0.25) is 5.02 Å². The average molecular weight is 389 g/mol. The Morgan fingerprint density at radius 2 is 2.12 bits per heavy atom. The number of hydrogen-bond acceptors (Lipinski definition) is 6. The summed E-state index contributed by atoms with van der Waals surface area (Å²) in [5.41, 5.74) is 1.80. The van der Waals surface area contributed by atoms with Crippen LogP contribution in [0.3, 0.4) is 0 Å². The number of benzene rings is 1. The number of halogens is 1. The van der Waals surface area contributed by atoms with E-state index in [1.54, 1.807) is 18.3 Å². The number of nitrogens with zero attached hydrogens (tertiary/aromatic N) is 2. The Balaban J connectivity index is 1.47. The highest BCUT2D eigenvalue weighted by atomic mass is 35.5. The Morgan fingerprint density at radius 3 is 2.88 bits per heavy atom. The monoisotopic (exact) mass is 388 g/mol. The molecule has 0 spiro atoms. The summed E-state index contributed by atoms with van der Waals surface area (Å²) in [4.78, 5) is 31.6. The minimum absolute atomic E-state index is 0.334. The Kier molecular flexibility index (Phi) is 6.25. The Labute approximate surface area is 160 Å². The standard InChI is InChI=1S/C18H17ClN4O2S/c19-13-6-3-5-12(10-13)4-1-2-8-20-17-21-9-7-14(22-17)11-15-16(24)23-18(25)26-15/h3,5-7,9-11H,1-2,4,8H2,(H,20,21,22)(H,23,24,25)/b15-11-. The van der Waals surface area contributed by atoms with E-state index in [-0.39, 0.29) is 5.24 Å². The van der Waals surface area contributed by atoms with Crippen molar-refractivity contribution in [1.29, 1.82) is 0 Å². The van der Waals surface area contributed by atoms with E-state index in [2.05, 4.69) is 26.7 Å². The minimum Gasteiger partial charge on any atom is -0.354 e. The van der Waals surface area contributed by atoms with Gasteiger partial charge in [0.25, 0.3) is 11.1 Å². The fraction of sp³-hybridized carbons (Fsp3) is 0.222. The fourth-order valence-electron chi connectivity index (χ4n) is 2.44. The lowest BCUT2D eigenvalue weighted by atomic mass is 10.1. The molecule has 1 aliphatic rings. The summed E-state index contributed by atoms with van der Waals surface area (Å²) in [6.45, 7) is 0.744. The van der Waals surface area contributed by atoms with Gasteiger partial charge < -0.3 is 5.32 Å². The molecule has 26 heavy (non-hydrogen) atoms. The number of hydrogen-bond donors (Lipinski definition) is 2. The number of nitrogens with one attached hydrogen (secondary N) is 2. The summed E-state index contributed by atoms with van der Waals surface area (Å²) in [5.74, 6) is 0.103. The van der Waals surface area contributed by atoms with Crippen LogP contribution in [-0.4, -0.2) is 27.7 Å². The van der Waals surface area contributed by atoms with Crippen LogP contribution < -0.4 is 10.6 Å². The van der Waals surface area contributed by atoms with Crippen molar-refractivity contribution in [2.24, 2.45) is 0 Å². The van der Waals surface area contributed by atoms with E-state index >= 15 is 0 Å². The molecule has 0 saturated carbocycles. The summed E-state index contributed by atoms with van der Waals surface area (Å²) in [6.07, 6.45) is 6.16. The summed E-state index contributed by atoms with van der Waals surface area (Å²) in [5, 5.41) is 5.78. The van der Waals surface area contributed by atoms with Crippen molar-refractivity contribution in [3.05, 3.63) is 57.7 Å². The average Bonchev–Trinajstić information content (AvgIpc) is 2.92. The topological polar surface area (TPSA) is 84.0 Å². The van der Waals surface area contributed by atoms with E-state index in [4.69, 9.17) is 11.6 Å². The summed E-state index contributed by atoms with van der Waals surface area (Å²) in [7, 11) is 0. The smallest absolute Gasteiger partial charge is 0.290 e. The summed E-state index contributed by atoms with van der Waals surface area (Å²) in [6, 6.07) is 9.57. The minimum atomic E-state index is -0.394. The molecule has 0 aliphatic carbocycles. The number of thioether (sulfide) groups is 1. The molecule has 6 nitrogen and oxygen atoms in total. The normalized spacial score (nSPS) is 15.3. The largest absolute Gasteiger partial charge is 0.354 e. The second-order valence-electron chi connectivity index (χ2n) is 5.67. The third kappa shape index (κ3) is 5.31. The van der Waals surface area contributed by atoms with Gasteiger partial charge in [0.05, 0.1) is 10.6 Å². The molecule has 0 radical (unpaired) electrons. The van der Waals surface area contributed by atoms with Crippen LogP contribution in [0.25, 0.3) is 6.08 Å². The number of imide groups is 1. The molecular formula is C18H17ClN4O2S. The fourth-order valence-corrected chi connectivity index (χ4v) is 3.32. The molecule has 1 aromatic carbocycles. The first-order chi connectivity index (χ1) is 12.6. The Bertz CT molecular complexity index is 857. The predicted molar refractivity (Wildman–Crippen MR) is 104 cm³/mol. The van der Waals surface area contributed by atoms with Gasteiger partial charge in [-0.25, -0.2) is 9.97 Å². The zero-order chi connectivity index (χ0) is 18.4. The Hall–Kier alpha value is -2.38. The molecule has 2 amide bonds. The van der Waals surface area contributed by atoms with Crippen LogP contribution in [-0.2, 0) is 11.2 Å². The maximum atomic E-state index is 11.6. The van der Waals surface area contributed by atoms with Gasteiger partial charge in [-0.3, -0.25) is 14.9 Å². The molecule has 2 aromatic rings. The van der Waals surface area contributed by atoms with E-state index < -0.39 is 5.91 Å². The molecule has 2 N–H and O–H groups in total. The molecule has 1 aromatic heterocycles. The molecule has 1 fully saturated rings. The molecule has 2 heterocycles. The third-order valence-corrected chi connectivity index (χ3v) is 4.71. The second kappa shape index (κ2) is 8.82. The molecule has 0 unspecified atom stereocenters. The zero-order valence-corrected chi connectivity index (χ0v) is 15.4. The maximum Gasteiger partial charge on any atom is 0.290 e. The molecule has 3 rings (SSSR count). The van der Waals surface area contributed by atoms with E-state index in [0.29, 0.717) is 16.5 Å². The second-order valence-corrected chi connectivity index (χ2v) is 7.12. The molecule has 1 saturated heterocycles. The van der Waals surface area contributed by atoms with Gasteiger partial charge in [-0.05, 0) is 60.9 Å². The number of aryl methyl sites for hydroxylation is 1. The summed E-state index contributed by atoms with van der Waals surface area (Å²) >= 11 is 6.85. The van der Waals surface area contributed by atoms with Crippen molar-refractivity contribution in [1.82, 2.24) is 15.3 Å². The van der Waals surface area contributed by atoms with Crippen LogP contribution in [0.15, 0.2) is 41.4 Å². The SMILES string of the molecule is O=C1NC(=O)/C(=C/c2ccnc(NCCCCc3cccc(Cl)c3)n2)S1. The lowest BCUT2D eigenvalue weighted by Crippen LogP contribution is -2.17. The van der Waals surface area contributed by atoms with Crippen LogP contribution in [0.5, 0.6) is 0 Å². The van der Waals surface area contributed by atoms with Gasteiger partial charge in [0.2, 0.25) is 5.95 Å². The first-order valence-corrected chi connectivity index (χ1v) is 9.36. The zero-order valence-electron chi connectivity index (χ0n) is 13.9. The first-order valence-electron chi connectivity index (χ1n) is 8.16. The molecule has 1 aliphatic heterocycles. The van der Waals surface area contributed by atoms with Crippen molar-refractivity contribution in [2.45, 2.75) is 19.3 Å². The van der Waals surface area contributed by atoms with Gasteiger partial charge in [-0.1, -0.05) is 23.7 Å². The van der Waals surface area contributed by atoms with Crippen LogP contribution in [0.4, 0.5) is 10.7 Å². The van der Waals surface area contributed by atoms with Gasteiger partial charge in [0.15, 0.2) is 0 Å². The van der Waals surface area contributed by atoms with Crippen LogP contribution in [0.1, 0.15) is 24.1 Å². The number of carbonyl (C=O) groups excluding carboxylic acids is 2. The van der Waals surface area contributed by atoms with Crippen LogP contribution >= 0.6 is 23.4 Å². The lowest BCUT2D eigenvalue weighted by molar-refractivity contribution is -0.115. The Morgan fingerprint density at radius 1 is 1.23 bits per heavy atom. The van der Waals surface area contributed by atoms with Gasteiger partial charge in [-0.15, -0.1) is 0 Å². The molecule has 0 bridgehead atoms. The van der Waals surface area contributed by atoms with Crippen molar-refractivity contribution >= 4 is 46.5 Å². The molecule has 0 atom stereocenters. The van der Waals surface area contributed by atoms with Gasteiger partial charge in [0.1, 0.15) is 0 Å². The number of amides is 2.